The van der Waals surface area contributed by atoms with E-state index in [0.29, 0.717) is 6.04 Å². The molecule has 64 valence electrons. The van der Waals surface area contributed by atoms with Crippen molar-refractivity contribution in [2.75, 3.05) is 19.1 Å². The maximum absolute atomic E-state index is 9.77. The van der Waals surface area contributed by atoms with Crippen molar-refractivity contribution in [1.29, 1.82) is 0 Å². The highest BCUT2D eigenvalue weighted by Gasteiger charge is 2.19. The van der Waals surface area contributed by atoms with Crippen LogP contribution < -0.4 is 0 Å². The van der Waals surface area contributed by atoms with Gasteiger partial charge in [-0.3, -0.25) is 0 Å². The maximum Gasteiger partial charge on any atom is 0.0146 e. The van der Waals surface area contributed by atoms with Crippen molar-refractivity contribution in [1.82, 2.24) is 4.31 Å². The molecule has 3 heteroatoms. The second-order valence-corrected chi connectivity index (χ2v) is 6.06. The summed E-state index contributed by atoms with van der Waals surface area (Å²) in [5, 5.41) is 0. The van der Waals surface area contributed by atoms with Gasteiger partial charge in [0.15, 0.2) is 0 Å². The van der Waals surface area contributed by atoms with E-state index in [9.17, 15) is 4.55 Å². The van der Waals surface area contributed by atoms with Gasteiger partial charge in [-0.25, -0.2) is 4.31 Å². The van der Waals surface area contributed by atoms with Crippen molar-refractivity contribution in [3.8, 4) is 0 Å². The molecule has 0 spiro atoms. The van der Waals surface area contributed by atoms with E-state index in [2.05, 4.69) is 13.8 Å². The Morgan fingerprint density at radius 3 is 2.00 bits per heavy atom. The molecule has 0 fully saturated rings. The molecule has 0 rings (SSSR count). The van der Waals surface area contributed by atoms with Crippen LogP contribution in [0.1, 0.15) is 20.8 Å². The Morgan fingerprint density at radius 1 is 1.50 bits per heavy atom. The third-order valence-electron chi connectivity index (χ3n) is 1.89. The molecule has 10 heavy (non-hydrogen) atoms. The summed E-state index contributed by atoms with van der Waals surface area (Å²) < 4.78 is 11.8. The predicted molar refractivity (Wildman–Crippen MR) is 49.6 cm³/mol. The molecular weight excluding hydrogens is 146 g/mol. The van der Waals surface area contributed by atoms with Crippen LogP contribution in [0.3, 0.4) is 0 Å². The average Bonchev–Trinajstić information content (AvgIpc) is 1.86. The Labute approximate surface area is 65.9 Å². The number of rotatable bonds is 3. The first-order valence-corrected chi connectivity index (χ1v) is 5.75. The molecule has 0 bridgehead atoms. The molecule has 0 aromatic heterocycles. The monoisotopic (exact) mass is 165 g/mol. The number of hydrogen-bond acceptors (Lipinski definition) is 2. The minimum atomic E-state index is -1.46. The van der Waals surface area contributed by atoms with Crippen LogP contribution in [0.25, 0.3) is 0 Å². The van der Waals surface area contributed by atoms with Gasteiger partial charge in [-0.2, -0.15) is 0 Å². The van der Waals surface area contributed by atoms with Crippen LogP contribution in [0.15, 0.2) is 0 Å². The van der Waals surface area contributed by atoms with Crippen molar-refractivity contribution < 1.29 is 4.55 Å². The third-order valence-corrected chi connectivity index (χ3v) is 4.65. The summed E-state index contributed by atoms with van der Waals surface area (Å²) in [5.74, 6) is 0.849. The lowest BCUT2D eigenvalue weighted by Crippen LogP contribution is -2.30. The van der Waals surface area contributed by atoms with Gasteiger partial charge in [0.05, 0.1) is 0 Å². The van der Waals surface area contributed by atoms with Gasteiger partial charge in [0.25, 0.3) is 0 Å². The summed E-state index contributed by atoms with van der Waals surface area (Å²) in [4.78, 5) is 0. The summed E-state index contributed by atoms with van der Waals surface area (Å²) >= 11 is 0. The zero-order valence-corrected chi connectivity index (χ0v) is 8.40. The third kappa shape index (κ3) is 2.48. The Balaban J connectivity index is 4.03. The van der Waals surface area contributed by atoms with E-state index in [1.54, 1.807) is 0 Å². The topological polar surface area (TPSA) is 23.5 Å². The van der Waals surface area contributed by atoms with Gasteiger partial charge in [-0.05, 0) is 27.2 Å². The van der Waals surface area contributed by atoms with Crippen molar-refractivity contribution in [2.45, 2.75) is 26.8 Å². The molecule has 0 aliphatic rings. The first kappa shape index (κ1) is 10.3. The smallest absolute Gasteiger partial charge is 0.0146 e. The molecule has 0 aromatic rings. The molecule has 0 heterocycles. The quantitative estimate of drug-likeness (QED) is 0.693. The first-order valence-electron chi connectivity index (χ1n) is 3.63. The van der Waals surface area contributed by atoms with Crippen LogP contribution >= 0.6 is 10.5 Å². The molecule has 0 saturated carbocycles. The SMILES string of the molecule is CCS(C)(O)N(C)C(C)C. The van der Waals surface area contributed by atoms with E-state index >= 15 is 0 Å². The predicted octanol–water partition coefficient (Wildman–Crippen LogP) is 2.17. The van der Waals surface area contributed by atoms with Gasteiger partial charge in [0.2, 0.25) is 0 Å². The summed E-state index contributed by atoms with van der Waals surface area (Å²) in [6, 6.07) is 0.435. The summed E-state index contributed by atoms with van der Waals surface area (Å²) in [6.07, 6.45) is 1.92. The van der Waals surface area contributed by atoms with Crippen LogP contribution in [-0.2, 0) is 0 Å². The van der Waals surface area contributed by atoms with Crippen molar-refractivity contribution in [3.63, 3.8) is 0 Å². The minimum Gasteiger partial charge on any atom is -0.338 e. The van der Waals surface area contributed by atoms with Gasteiger partial charge >= 0.3 is 0 Å². The van der Waals surface area contributed by atoms with Crippen LogP contribution in [0, 0.1) is 0 Å². The molecule has 2 nitrogen and oxygen atoms in total. The van der Waals surface area contributed by atoms with E-state index in [-0.39, 0.29) is 0 Å². The number of hydrogen-bond donors (Lipinski definition) is 1. The van der Waals surface area contributed by atoms with Crippen LogP contribution in [0.5, 0.6) is 0 Å². The van der Waals surface area contributed by atoms with Crippen molar-refractivity contribution >= 4 is 10.5 Å². The highest BCUT2D eigenvalue weighted by atomic mass is 32.3. The Bertz CT molecular complexity index is 104. The first-order chi connectivity index (χ1) is 4.41. The highest BCUT2D eigenvalue weighted by molar-refractivity contribution is 8.26. The van der Waals surface area contributed by atoms with E-state index < -0.39 is 10.5 Å². The molecule has 1 N–H and O–H groups in total. The molecular formula is C7H19NOS. The van der Waals surface area contributed by atoms with Gasteiger partial charge < -0.3 is 4.55 Å². The normalized spacial score (nSPS) is 21.2. The highest BCUT2D eigenvalue weighted by Crippen LogP contribution is 2.42. The standard InChI is InChI=1S/C7H19NOS/c1-6-10(5,9)8(4)7(2)3/h7,9H,6H2,1-5H3. The average molecular weight is 165 g/mol. The van der Waals surface area contributed by atoms with E-state index in [1.165, 1.54) is 0 Å². The van der Waals surface area contributed by atoms with Gasteiger partial charge in [-0.1, -0.05) is 17.4 Å². The lowest BCUT2D eigenvalue weighted by Gasteiger charge is -2.40. The van der Waals surface area contributed by atoms with Crippen LogP contribution in [0.4, 0.5) is 0 Å². The molecule has 0 saturated heterocycles. The lowest BCUT2D eigenvalue weighted by atomic mass is 10.4. The molecule has 1 atom stereocenters. The fourth-order valence-corrected chi connectivity index (χ4v) is 1.97. The summed E-state index contributed by atoms with van der Waals surface area (Å²) in [5.41, 5.74) is 0. The van der Waals surface area contributed by atoms with Crippen molar-refractivity contribution in [3.05, 3.63) is 0 Å². The fourth-order valence-electron chi connectivity index (χ4n) is 0.658. The largest absolute Gasteiger partial charge is 0.338 e. The zero-order valence-electron chi connectivity index (χ0n) is 7.59. The van der Waals surface area contributed by atoms with E-state index in [1.807, 2.05) is 24.5 Å². The maximum atomic E-state index is 9.77. The van der Waals surface area contributed by atoms with Gasteiger partial charge in [0, 0.05) is 11.8 Å². The summed E-state index contributed by atoms with van der Waals surface area (Å²) in [7, 11) is 0.512. The molecule has 1 unspecified atom stereocenters. The Kier molecular flexibility index (Phi) is 3.70. The molecule has 0 aliphatic carbocycles. The van der Waals surface area contributed by atoms with Crippen LogP contribution in [-0.4, -0.2) is 34.0 Å². The van der Waals surface area contributed by atoms with Gasteiger partial charge in [-0.15, -0.1) is 0 Å². The molecule has 0 radical (unpaired) electrons. The molecule has 0 aliphatic heterocycles. The molecule has 0 aromatic carbocycles. The van der Waals surface area contributed by atoms with Crippen LogP contribution in [0.2, 0.25) is 0 Å². The second kappa shape index (κ2) is 3.60. The fraction of sp³-hybridized carbons (Fsp3) is 1.00. The Morgan fingerprint density at radius 2 is 1.90 bits per heavy atom. The zero-order chi connectivity index (χ0) is 8.36. The summed E-state index contributed by atoms with van der Waals surface area (Å²) in [6.45, 7) is 6.21. The number of nitrogens with zero attached hydrogens (tertiary/aromatic N) is 1. The van der Waals surface area contributed by atoms with Gasteiger partial charge in [0.1, 0.15) is 0 Å². The minimum absolute atomic E-state index is 0.435. The second-order valence-electron chi connectivity index (χ2n) is 2.92. The Hall–Kier alpha value is 0.270. The molecule has 0 amide bonds. The van der Waals surface area contributed by atoms with E-state index in [4.69, 9.17) is 0 Å². The lowest BCUT2D eigenvalue weighted by molar-refractivity contribution is 0.414. The van der Waals surface area contributed by atoms with Crippen molar-refractivity contribution in [2.24, 2.45) is 0 Å². The van der Waals surface area contributed by atoms with E-state index in [0.717, 1.165) is 5.75 Å².